The lowest BCUT2D eigenvalue weighted by Crippen LogP contribution is -2.41. The first-order valence-corrected chi connectivity index (χ1v) is 6.42. The molecule has 1 spiro atoms. The van der Waals surface area contributed by atoms with E-state index in [-0.39, 0.29) is 0 Å². The highest BCUT2D eigenvalue weighted by atomic mass is 15.0. The molecule has 3 rings (SSSR count). The Labute approximate surface area is 99.1 Å². The van der Waals surface area contributed by atoms with Crippen LogP contribution in [0.2, 0.25) is 6.82 Å². The summed E-state index contributed by atoms with van der Waals surface area (Å²) < 4.78 is 0. The van der Waals surface area contributed by atoms with Crippen LogP contribution in [0.3, 0.4) is 0 Å². The van der Waals surface area contributed by atoms with Gasteiger partial charge in [-0.3, -0.25) is 0 Å². The Hall–Kier alpha value is -0.755. The number of hydrogen-bond donors (Lipinski definition) is 0. The first-order valence-electron chi connectivity index (χ1n) is 6.42. The molecule has 83 valence electrons. The third-order valence-corrected chi connectivity index (χ3v) is 4.47. The average Bonchev–Trinajstić information content (AvgIpc) is 2.68. The van der Waals surface area contributed by atoms with E-state index in [4.69, 9.17) is 0 Å². The lowest BCUT2D eigenvalue weighted by molar-refractivity contribution is 0.165. The molecule has 0 N–H and O–H groups in total. The summed E-state index contributed by atoms with van der Waals surface area (Å²) in [5.41, 5.74) is 3.82. The Morgan fingerprint density at radius 3 is 2.12 bits per heavy atom. The largest absolute Gasteiger partial charge is 0.347 e. The molecule has 1 nitrogen and oxygen atoms in total. The molecule has 2 heteroatoms. The monoisotopic (exact) mass is 212 g/mol. The van der Waals surface area contributed by atoms with E-state index in [0.29, 0.717) is 5.41 Å². The molecule has 0 saturated carbocycles. The Balaban J connectivity index is 1.75. The highest BCUT2D eigenvalue weighted by Gasteiger charge is 2.39. The van der Waals surface area contributed by atoms with Crippen molar-refractivity contribution in [2.75, 3.05) is 13.1 Å². The van der Waals surface area contributed by atoms with Crippen LogP contribution in [-0.4, -0.2) is 25.3 Å². The molecule has 1 saturated heterocycles. The molecule has 16 heavy (non-hydrogen) atoms. The second kappa shape index (κ2) is 3.92. The molecule has 0 unspecified atom stereocenters. The predicted octanol–water partition coefficient (Wildman–Crippen LogP) is 2.53. The van der Waals surface area contributed by atoms with Crippen molar-refractivity contribution in [2.45, 2.75) is 32.5 Å². The molecule has 1 aromatic rings. The van der Waals surface area contributed by atoms with Gasteiger partial charge >= 0.3 is 0 Å². The van der Waals surface area contributed by atoms with Crippen molar-refractivity contribution in [1.82, 2.24) is 4.81 Å². The molecular weight excluding hydrogens is 193 g/mol. The van der Waals surface area contributed by atoms with Gasteiger partial charge in [0.1, 0.15) is 0 Å². The third-order valence-electron chi connectivity index (χ3n) is 4.47. The van der Waals surface area contributed by atoms with Gasteiger partial charge in [-0.05, 0) is 55.3 Å². The van der Waals surface area contributed by atoms with Gasteiger partial charge < -0.3 is 4.81 Å². The zero-order valence-corrected chi connectivity index (χ0v) is 10.1. The summed E-state index contributed by atoms with van der Waals surface area (Å²) in [6, 6.07) is 9.02. The molecular formula is C14H19BN. The van der Waals surface area contributed by atoms with Crippen LogP contribution < -0.4 is 0 Å². The van der Waals surface area contributed by atoms with Crippen LogP contribution in [0.15, 0.2) is 24.3 Å². The molecule has 0 bridgehead atoms. The van der Waals surface area contributed by atoms with Crippen LogP contribution in [0.25, 0.3) is 0 Å². The second-order valence-corrected chi connectivity index (χ2v) is 5.42. The summed E-state index contributed by atoms with van der Waals surface area (Å²) >= 11 is 0. The number of benzene rings is 1. The molecule has 0 aromatic heterocycles. The number of hydrogen-bond acceptors (Lipinski definition) is 1. The minimum Gasteiger partial charge on any atom is -0.347 e. The zero-order valence-electron chi connectivity index (χ0n) is 10.1. The van der Waals surface area contributed by atoms with Crippen LogP contribution in [-0.2, 0) is 12.8 Å². The van der Waals surface area contributed by atoms with E-state index in [1.165, 1.54) is 38.8 Å². The Bertz CT molecular complexity index is 353. The van der Waals surface area contributed by atoms with Gasteiger partial charge in [0, 0.05) is 0 Å². The van der Waals surface area contributed by atoms with Crippen molar-refractivity contribution < 1.29 is 0 Å². The Kier molecular flexibility index (Phi) is 2.55. The quantitative estimate of drug-likeness (QED) is 0.646. The standard InChI is InChI=1S/C14H19BN/c1-15-16-8-6-14(7-9-16)10-12-4-2-3-5-13(12)11-14/h2-5H,6-11H2,1H3. The van der Waals surface area contributed by atoms with E-state index < -0.39 is 0 Å². The highest BCUT2D eigenvalue weighted by Crippen LogP contribution is 2.44. The number of fused-ring (bicyclic) bond motifs is 1. The van der Waals surface area contributed by atoms with Gasteiger partial charge in [0.2, 0.25) is 7.41 Å². The summed E-state index contributed by atoms with van der Waals surface area (Å²) in [6.07, 6.45) is 5.37. The van der Waals surface area contributed by atoms with Crippen LogP contribution in [0.1, 0.15) is 24.0 Å². The fraction of sp³-hybridized carbons (Fsp3) is 0.571. The second-order valence-electron chi connectivity index (χ2n) is 5.42. The van der Waals surface area contributed by atoms with Crippen LogP contribution in [0, 0.1) is 5.41 Å². The topological polar surface area (TPSA) is 3.24 Å². The SMILES string of the molecule is C[B]N1CCC2(CC1)Cc1ccccc1C2. The van der Waals surface area contributed by atoms with E-state index in [0.717, 1.165) is 0 Å². The molecule has 2 aliphatic rings. The first kappa shape index (κ1) is 10.4. The van der Waals surface area contributed by atoms with Crippen LogP contribution in [0.4, 0.5) is 0 Å². The van der Waals surface area contributed by atoms with Gasteiger partial charge in [0.15, 0.2) is 0 Å². The van der Waals surface area contributed by atoms with Gasteiger partial charge in [-0.25, -0.2) is 0 Å². The fourth-order valence-electron chi connectivity index (χ4n) is 3.38. The molecule has 1 aliphatic carbocycles. The van der Waals surface area contributed by atoms with Gasteiger partial charge in [0.25, 0.3) is 0 Å². The van der Waals surface area contributed by atoms with Gasteiger partial charge in [0.05, 0.1) is 0 Å². The maximum atomic E-state index is 2.47. The molecule has 1 heterocycles. The van der Waals surface area contributed by atoms with E-state index in [9.17, 15) is 0 Å². The van der Waals surface area contributed by atoms with Crippen molar-refractivity contribution in [3.63, 3.8) is 0 Å². The highest BCUT2D eigenvalue weighted by molar-refractivity contribution is 6.29. The smallest absolute Gasteiger partial charge is 0.205 e. The van der Waals surface area contributed by atoms with Crippen molar-refractivity contribution in [3.05, 3.63) is 35.4 Å². The summed E-state index contributed by atoms with van der Waals surface area (Å²) in [7, 11) is 2.24. The molecule has 1 aliphatic heterocycles. The van der Waals surface area contributed by atoms with E-state index in [2.05, 4.69) is 43.3 Å². The molecule has 1 aromatic carbocycles. The molecule has 0 atom stereocenters. The minimum atomic E-state index is 0.600. The maximum absolute atomic E-state index is 2.47. The number of rotatable bonds is 1. The maximum Gasteiger partial charge on any atom is 0.205 e. The lowest BCUT2D eigenvalue weighted by Gasteiger charge is -2.39. The van der Waals surface area contributed by atoms with Gasteiger partial charge in [-0.15, -0.1) is 0 Å². The van der Waals surface area contributed by atoms with E-state index >= 15 is 0 Å². The Morgan fingerprint density at radius 1 is 1.06 bits per heavy atom. The Morgan fingerprint density at radius 2 is 1.62 bits per heavy atom. The van der Waals surface area contributed by atoms with Crippen LogP contribution in [0.5, 0.6) is 0 Å². The third kappa shape index (κ3) is 1.69. The molecule has 1 radical (unpaired) electrons. The first-order chi connectivity index (χ1) is 7.81. The zero-order chi connectivity index (χ0) is 11.0. The predicted molar refractivity (Wildman–Crippen MR) is 68.7 cm³/mol. The molecule has 0 amide bonds. The number of nitrogens with zero attached hydrogens (tertiary/aromatic N) is 1. The summed E-state index contributed by atoms with van der Waals surface area (Å²) in [6.45, 7) is 4.66. The number of piperidine rings is 1. The van der Waals surface area contributed by atoms with Crippen molar-refractivity contribution >= 4 is 7.41 Å². The van der Waals surface area contributed by atoms with Gasteiger partial charge in [-0.2, -0.15) is 0 Å². The summed E-state index contributed by atoms with van der Waals surface area (Å²) in [5.74, 6) is 0. The summed E-state index contributed by atoms with van der Waals surface area (Å²) in [4.78, 5) is 2.47. The van der Waals surface area contributed by atoms with Gasteiger partial charge in [-0.1, -0.05) is 31.1 Å². The lowest BCUT2D eigenvalue weighted by atomic mass is 9.74. The van der Waals surface area contributed by atoms with Crippen LogP contribution >= 0.6 is 0 Å². The van der Waals surface area contributed by atoms with E-state index in [1.54, 1.807) is 11.1 Å². The van der Waals surface area contributed by atoms with Crippen molar-refractivity contribution in [3.8, 4) is 0 Å². The van der Waals surface area contributed by atoms with Crippen molar-refractivity contribution in [1.29, 1.82) is 0 Å². The fourth-order valence-corrected chi connectivity index (χ4v) is 3.38. The average molecular weight is 212 g/mol. The summed E-state index contributed by atoms with van der Waals surface area (Å²) in [5, 5.41) is 0. The normalized spacial score (nSPS) is 23.3. The minimum absolute atomic E-state index is 0.600. The molecule has 1 fully saturated rings. The van der Waals surface area contributed by atoms with Crippen molar-refractivity contribution in [2.24, 2.45) is 5.41 Å². The van der Waals surface area contributed by atoms with E-state index in [1.807, 2.05) is 0 Å².